The Morgan fingerprint density at radius 3 is 2.75 bits per heavy atom. The van der Waals surface area contributed by atoms with E-state index < -0.39 is 23.1 Å². The maximum Gasteiger partial charge on any atom is 0.307 e. The number of rotatable bonds is 4. The maximum atomic E-state index is 11.5. The van der Waals surface area contributed by atoms with Crippen LogP contribution in [0.5, 0.6) is 11.5 Å². The van der Waals surface area contributed by atoms with Gasteiger partial charge < -0.3 is 14.6 Å². The van der Waals surface area contributed by atoms with Gasteiger partial charge >= 0.3 is 5.91 Å². The van der Waals surface area contributed by atoms with Crippen LogP contribution in [0.25, 0.3) is 0 Å². The summed E-state index contributed by atoms with van der Waals surface area (Å²) < 4.78 is 4.85. The normalized spacial score (nSPS) is 10.6. The lowest BCUT2D eigenvalue weighted by Crippen LogP contribution is -2.16. The molecule has 2 aromatic rings. The number of nitrogens with zero attached hydrogens (tertiary/aromatic N) is 2. The number of phenols is 2. The van der Waals surface area contributed by atoms with Crippen molar-refractivity contribution in [2.24, 2.45) is 10.3 Å². The van der Waals surface area contributed by atoms with Gasteiger partial charge in [0.05, 0.1) is 12.5 Å². The van der Waals surface area contributed by atoms with Gasteiger partial charge in [0, 0.05) is 5.56 Å². The molecule has 20 heavy (non-hydrogen) atoms. The number of aromatic hydroxyl groups is 2. The van der Waals surface area contributed by atoms with E-state index in [1.807, 2.05) is 0 Å². The molecule has 0 aliphatic carbocycles. The van der Waals surface area contributed by atoms with Crippen molar-refractivity contribution in [1.29, 1.82) is 0 Å². The van der Waals surface area contributed by atoms with Crippen LogP contribution >= 0.6 is 0 Å². The molecule has 0 saturated heterocycles. The highest BCUT2D eigenvalue weighted by molar-refractivity contribution is 5.93. The van der Waals surface area contributed by atoms with Crippen molar-refractivity contribution in [3.05, 3.63) is 46.8 Å². The molecule has 8 nitrogen and oxygen atoms in total. The highest BCUT2D eigenvalue weighted by Crippen LogP contribution is 2.37. The fraction of sp³-hybridized carbons (Fsp3) is 0. The summed E-state index contributed by atoms with van der Waals surface area (Å²) in [6.45, 7) is 0. The molecule has 2 rings (SSSR count). The van der Waals surface area contributed by atoms with Crippen LogP contribution in [0.3, 0.4) is 0 Å². The summed E-state index contributed by atoms with van der Waals surface area (Å²) in [4.78, 5) is 21.9. The number of furan rings is 1. The molecule has 8 heteroatoms. The van der Waals surface area contributed by atoms with Gasteiger partial charge in [0.15, 0.2) is 17.2 Å². The zero-order valence-corrected chi connectivity index (χ0v) is 9.98. The predicted octanol–water partition coefficient (Wildman–Crippen LogP) is 1.85. The molecule has 0 unspecified atom stereocenters. The van der Waals surface area contributed by atoms with Gasteiger partial charge in [-0.3, -0.25) is 4.79 Å². The van der Waals surface area contributed by atoms with Crippen molar-refractivity contribution in [2.75, 3.05) is 0 Å². The maximum absolute atomic E-state index is 11.5. The molecule has 0 bridgehead atoms. The molecular formula is C12H9N3O5. The Kier molecular flexibility index (Phi) is 3.75. The van der Waals surface area contributed by atoms with E-state index in [9.17, 15) is 19.9 Å². The van der Waals surface area contributed by atoms with Crippen LogP contribution in [0.15, 0.2) is 45.2 Å². The zero-order valence-electron chi connectivity index (χ0n) is 9.98. The fourth-order valence-corrected chi connectivity index (χ4v) is 1.40. The SMILES string of the molecule is O=Nc1c(O)ccc(/C=N/NC(=O)c2ccco2)c1O. The Morgan fingerprint density at radius 2 is 2.10 bits per heavy atom. The average Bonchev–Trinajstić information content (AvgIpc) is 2.96. The van der Waals surface area contributed by atoms with Gasteiger partial charge in [0.2, 0.25) is 0 Å². The smallest absolute Gasteiger partial charge is 0.307 e. The van der Waals surface area contributed by atoms with Crippen molar-refractivity contribution in [3.8, 4) is 11.5 Å². The van der Waals surface area contributed by atoms with Gasteiger partial charge in [-0.05, 0) is 29.4 Å². The molecule has 1 aromatic carbocycles. The summed E-state index contributed by atoms with van der Waals surface area (Å²) in [6.07, 6.45) is 2.44. The third-order valence-corrected chi connectivity index (χ3v) is 2.37. The minimum atomic E-state index is -0.571. The van der Waals surface area contributed by atoms with E-state index in [2.05, 4.69) is 15.7 Å². The number of hydrogen-bond donors (Lipinski definition) is 3. The zero-order chi connectivity index (χ0) is 14.5. The van der Waals surface area contributed by atoms with E-state index in [0.717, 1.165) is 6.21 Å². The lowest BCUT2D eigenvalue weighted by molar-refractivity contribution is 0.0927. The van der Waals surface area contributed by atoms with Crippen molar-refractivity contribution >= 4 is 17.8 Å². The van der Waals surface area contributed by atoms with Crippen molar-refractivity contribution in [2.45, 2.75) is 0 Å². The van der Waals surface area contributed by atoms with Gasteiger partial charge in [0.25, 0.3) is 0 Å². The van der Waals surface area contributed by atoms with Crippen LogP contribution in [0.2, 0.25) is 0 Å². The van der Waals surface area contributed by atoms with E-state index in [-0.39, 0.29) is 11.3 Å². The van der Waals surface area contributed by atoms with Gasteiger partial charge in [0.1, 0.15) is 5.75 Å². The average molecular weight is 275 g/mol. The van der Waals surface area contributed by atoms with E-state index in [1.165, 1.54) is 24.5 Å². The summed E-state index contributed by atoms with van der Waals surface area (Å²) >= 11 is 0. The number of hydrogen-bond acceptors (Lipinski definition) is 7. The predicted molar refractivity (Wildman–Crippen MR) is 69.0 cm³/mol. The quantitative estimate of drug-likeness (QED) is 0.446. The number of carbonyl (C=O) groups excluding carboxylic acids is 1. The van der Waals surface area contributed by atoms with Crippen LogP contribution in [0.4, 0.5) is 5.69 Å². The summed E-state index contributed by atoms with van der Waals surface area (Å²) in [6, 6.07) is 5.48. The van der Waals surface area contributed by atoms with E-state index >= 15 is 0 Å². The lowest BCUT2D eigenvalue weighted by atomic mass is 10.2. The minimum absolute atomic E-state index is 0.0762. The molecule has 1 aromatic heterocycles. The first kappa shape index (κ1) is 13.3. The second kappa shape index (κ2) is 5.65. The van der Waals surface area contributed by atoms with Gasteiger partial charge in [-0.25, -0.2) is 5.43 Å². The molecule has 3 N–H and O–H groups in total. The van der Waals surface area contributed by atoms with E-state index in [1.54, 1.807) is 6.07 Å². The monoisotopic (exact) mass is 275 g/mol. The molecule has 0 fully saturated rings. The Bertz CT molecular complexity index is 664. The molecule has 0 radical (unpaired) electrons. The highest BCUT2D eigenvalue weighted by atomic mass is 16.3. The van der Waals surface area contributed by atoms with E-state index in [0.29, 0.717) is 0 Å². The third kappa shape index (κ3) is 2.64. The Hall–Kier alpha value is -3.16. The van der Waals surface area contributed by atoms with E-state index in [4.69, 9.17) is 4.42 Å². The third-order valence-electron chi connectivity index (χ3n) is 2.37. The molecular weight excluding hydrogens is 266 g/mol. The topological polar surface area (TPSA) is 124 Å². The Morgan fingerprint density at radius 1 is 1.30 bits per heavy atom. The summed E-state index contributed by atoms with van der Waals surface area (Å²) in [5.41, 5.74) is 1.78. The van der Waals surface area contributed by atoms with Crippen LogP contribution in [0, 0.1) is 4.91 Å². The number of phenolic OH excluding ortho intramolecular Hbond substituents is 2. The molecule has 1 heterocycles. The molecule has 102 valence electrons. The summed E-state index contributed by atoms with van der Waals surface area (Å²) in [7, 11) is 0. The Balaban J connectivity index is 2.12. The largest absolute Gasteiger partial charge is 0.505 e. The first-order valence-corrected chi connectivity index (χ1v) is 5.38. The molecule has 1 amide bonds. The standard InChI is InChI=1S/C12H9N3O5/c16-8-4-3-7(11(17)10(8)15-19)6-13-14-12(18)9-2-1-5-20-9/h1-6,16-17H,(H,14,18)/b13-6+. The van der Waals surface area contributed by atoms with Crippen LogP contribution in [-0.4, -0.2) is 22.3 Å². The second-order valence-electron chi connectivity index (χ2n) is 3.64. The molecule has 0 spiro atoms. The molecule has 0 atom stereocenters. The number of nitroso groups, excluding NO2 is 1. The molecule has 0 aliphatic rings. The first-order valence-electron chi connectivity index (χ1n) is 5.38. The summed E-state index contributed by atoms with van der Waals surface area (Å²) in [5, 5.41) is 25.0. The van der Waals surface area contributed by atoms with Crippen LogP contribution < -0.4 is 5.43 Å². The number of benzene rings is 1. The number of nitrogens with one attached hydrogen (secondary N) is 1. The lowest BCUT2D eigenvalue weighted by Gasteiger charge is -2.02. The second-order valence-corrected chi connectivity index (χ2v) is 3.64. The minimum Gasteiger partial charge on any atom is -0.505 e. The highest BCUT2D eigenvalue weighted by Gasteiger charge is 2.12. The first-order chi connectivity index (χ1) is 9.63. The van der Waals surface area contributed by atoms with Crippen molar-refractivity contribution < 1.29 is 19.4 Å². The van der Waals surface area contributed by atoms with Crippen LogP contribution in [0.1, 0.15) is 16.1 Å². The van der Waals surface area contributed by atoms with Crippen LogP contribution in [-0.2, 0) is 0 Å². The van der Waals surface area contributed by atoms with Gasteiger partial charge in [-0.15, -0.1) is 4.91 Å². The molecule has 0 saturated carbocycles. The van der Waals surface area contributed by atoms with Crippen molar-refractivity contribution in [1.82, 2.24) is 5.43 Å². The Labute approximate surface area is 112 Å². The molecule has 0 aliphatic heterocycles. The summed E-state index contributed by atoms with van der Waals surface area (Å²) in [5.74, 6) is -1.48. The van der Waals surface area contributed by atoms with Crippen molar-refractivity contribution in [3.63, 3.8) is 0 Å². The number of carbonyl (C=O) groups is 1. The number of amides is 1. The van der Waals surface area contributed by atoms with Gasteiger partial charge in [-0.2, -0.15) is 5.10 Å². The fourth-order valence-electron chi connectivity index (χ4n) is 1.40. The number of hydrazone groups is 1. The van der Waals surface area contributed by atoms with Gasteiger partial charge in [-0.1, -0.05) is 0 Å².